The Bertz CT molecular complexity index is 670. The Labute approximate surface area is 136 Å². The number of nitrogens with one attached hydrogen (secondary N) is 1. The van der Waals surface area contributed by atoms with E-state index < -0.39 is 23.8 Å². The number of allylic oxidation sites excluding steroid dienone is 1. The number of hydrogen-bond acceptors (Lipinski definition) is 2. The minimum absolute atomic E-state index is 0.0570. The molecule has 1 heterocycles. The summed E-state index contributed by atoms with van der Waals surface area (Å²) >= 11 is 5.90. The number of alkyl halides is 3. The minimum atomic E-state index is -4.74. The molecule has 124 valence electrons. The van der Waals surface area contributed by atoms with Crippen molar-refractivity contribution in [2.45, 2.75) is 37.6 Å². The number of halogens is 4. The highest BCUT2D eigenvalue weighted by Gasteiger charge is 2.59. The Hall–Kier alpha value is -1.53. The molecule has 3 nitrogen and oxygen atoms in total. The smallest absolute Gasteiger partial charge is 0.344 e. The SMILES string of the molecule is C[C@@H]1O[C@@](C=CC2CC2)(C(F)(F)F)c2cc(Cl)ccc2NC1=O. The van der Waals surface area contributed by atoms with Gasteiger partial charge in [-0.3, -0.25) is 4.79 Å². The molecule has 2 aliphatic rings. The Morgan fingerprint density at radius 3 is 2.70 bits per heavy atom. The van der Waals surface area contributed by atoms with E-state index in [2.05, 4.69) is 5.32 Å². The highest BCUT2D eigenvalue weighted by molar-refractivity contribution is 6.30. The average molecular weight is 346 g/mol. The molecule has 1 N–H and O–H groups in total. The van der Waals surface area contributed by atoms with E-state index in [9.17, 15) is 18.0 Å². The Morgan fingerprint density at radius 2 is 2.09 bits per heavy atom. The van der Waals surface area contributed by atoms with Gasteiger partial charge in [-0.15, -0.1) is 0 Å². The molecule has 0 unspecified atom stereocenters. The van der Waals surface area contributed by atoms with Crippen LogP contribution >= 0.6 is 11.6 Å². The van der Waals surface area contributed by atoms with Crippen LogP contribution in [-0.2, 0) is 15.1 Å². The Balaban J connectivity index is 2.22. The van der Waals surface area contributed by atoms with Gasteiger partial charge < -0.3 is 10.1 Å². The van der Waals surface area contributed by atoms with Crippen LogP contribution in [-0.4, -0.2) is 18.2 Å². The van der Waals surface area contributed by atoms with Crippen molar-refractivity contribution in [2.75, 3.05) is 5.32 Å². The van der Waals surface area contributed by atoms with Crippen molar-refractivity contribution in [2.24, 2.45) is 5.92 Å². The van der Waals surface area contributed by atoms with Crippen molar-refractivity contribution in [1.29, 1.82) is 0 Å². The van der Waals surface area contributed by atoms with Crippen LogP contribution < -0.4 is 5.32 Å². The van der Waals surface area contributed by atoms with E-state index in [4.69, 9.17) is 16.3 Å². The quantitative estimate of drug-likeness (QED) is 0.806. The molecule has 0 spiro atoms. The Kier molecular flexibility index (Phi) is 3.92. The summed E-state index contributed by atoms with van der Waals surface area (Å²) in [5, 5.41) is 2.62. The van der Waals surface area contributed by atoms with Gasteiger partial charge in [-0.1, -0.05) is 17.7 Å². The van der Waals surface area contributed by atoms with Gasteiger partial charge >= 0.3 is 6.18 Å². The van der Waals surface area contributed by atoms with Crippen LogP contribution in [0.15, 0.2) is 30.4 Å². The number of carbonyl (C=O) groups is 1. The lowest BCUT2D eigenvalue weighted by molar-refractivity contribution is -0.271. The van der Waals surface area contributed by atoms with Crippen LogP contribution in [0.2, 0.25) is 5.02 Å². The molecule has 1 aromatic rings. The first kappa shape index (κ1) is 16.3. The van der Waals surface area contributed by atoms with E-state index in [0.717, 1.165) is 18.9 Å². The van der Waals surface area contributed by atoms with Crippen molar-refractivity contribution in [3.05, 3.63) is 40.9 Å². The van der Waals surface area contributed by atoms with Crippen molar-refractivity contribution in [1.82, 2.24) is 0 Å². The number of benzene rings is 1. The van der Waals surface area contributed by atoms with E-state index in [0.29, 0.717) is 0 Å². The van der Waals surface area contributed by atoms with Crippen molar-refractivity contribution < 1.29 is 22.7 Å². The fourth-order valence-electron chi connectivity index (χ4n) is 2.57. The normalized spacial score (nSPS) is 28.4. The first-order valence-electron chi connectivity index (χ1n) is 7.28. The molecule has 1 amide bonds. The molecule has 0 bridgehead atoms. The maximum absolute atomic E-state index is 14.0. The van der Waals surface area contributed by atoms with Crippen molar-refractivity contribution >= 4 is 23.2 Å². The lowest BCUT2D eigenvalue weighted by Gasteiger charge is -2.34. The van der Waals surface area contributed by atoms with Gasteiger partial charge in [0.2, 0.25) is 5.60 Å². The van der Waals surface area contributed by atoms with Crippen LogP contribution in [0.25, 0.3) is 0 Å². The number of amides is 1. The third kappa shape index (κ3) is 2.97. The molecule has 1 saturated carbocycles. The first-order valence-corrected chi connectivity index (χ1v) is 7.65. The van der Waals surface area contributed by atoms with E-state index in [1.807, 2.05) is 0 Å². The first-order chi connectivity index (χ1) is 10.7. The summed E-state index contributed by atoms with van der Waals surface area (Å²) in [6.07, 6.45) is -1.74. The highest BCUT2D eigenvalue weighted by Crippen LogP contribution is 2.49. The summed E-state index contributed by atoms with van der Waals surface area (Å²) in [5.74, 6) is -0.498. The standard InChI is InChI=1S/C16H15ClF3NO2/c1-9-14(22)21-13-5-4-11(17)8-12(13)15(23-9,16(18,19)20)7-6-10-2-3-10/h4-10H,2-3H2,1H3,(H,21,22)/t9-,15+/m0/s1. The summed E-state index contributed by atoms with van der Waals surface area (Å²) < 4.78 is 47.3. The van der Waals surface area contributed by atoms with Crippen molar-refractivity contribution in [3.63, 3.8) is 0 Å². The van der Waals surface area contributed by atoms with Crippen LogP contribution in [0.3, 0.4) is 0 Å². The average Bonchev–Trinajstić information content (AvgIpc) is 3.27. The third-order valence-corrected chi connectivity index (χ3v) is 4.25. The maximum atomic E-state index is 14.0. The lowest BCUT2D eigenvalue weighted by atomic mass is 9.90. The number of ether oxygens (including phenoxy) is 1. The zero-order chi connectivity index (χ0) is 16.8. The zero-order valence-corrected chi connectivity index (χ0v) is 13.0. The van der Waals surface area contributed by atoms with Gasteiger partial charge in [0.1, 0.15) is 6.10 Å². The van der Waals surface area contributed by atoms with E-state index in [1.165, 1.54) is 31.2 Å². The number of anilines is 1. The summed E-state index contributed by atoms with van der Waals surface area (Å²) in [5.41, 5.74) is -2.84. The van der Waals surface area contributed by atoms with Gasteiger partial charge in [-0.2, -0.15) is 13.2 Å². The molecule has 1 aromatic carbocycles. The molecule has 1 fully saturated rings. The van der Waals surface area contributed by atoms with Crippen LogP contribution in [0.5, 0.6) is 0 Å². The number of carbonyl (C=O) groups excluding carboxylic acids is 1. The fourth-order valence-corrected chi connectivity index (χ4v) is 2.74. The van der Waals surface area contributed by atoms with Gasteiger partial charge in [0.25, 0.3) is 5.91 Å². The summed E-state index contributed by atoms with van der Waals surface area (Å²) in [6, 6.07) is 3.99. The minimum Gasteiger partial charge on any atom is -0.344 e. The molecule has 7 heteroatoms. The second kappa shape index (κ2) is 5.53. The van der Waals surface area contributed by atoms with Gasteiger partial charge in [-0.25, -0.2) is 0 Å². The molecular formula is C16H15ClF3NO2. The maximum Gasteiger partial charge on any atom is 0.425 e. The van der Waals surface area contributed by atoms with Crippen molar-refractivity contribution in [3.8, 4) is 0 Å². The predicted octanol–water partition coefficient (Wildman–Crippen LogP) is 4.42. The molecule has 1 aliphatic carbocycles. The molecule has 3 rings (SSSR count). The van der Waals surface area contributed by atoms with Gasteiger partial charge in [0.15, 0.2) is 0 Å². The lowest BCUT2D eigenvalue weighted by Crippen LogP contribution is -2.45. The molecule has 0 aromatic heterocycles. The molecular weight excluding hydrogens is 331 g/mol. The number of hydrogen-bond donors (Lipinski definition) is 1. The molecule has 1 aliphatic heterocycles. The Morgan fingerprint density at radius 1 is 1.39 bits per heavy atom. The number of rotatable bonds is 2. The van der Waals surface area contributed by atoms with Crippen LogP contribution in [0.1, 0.15) is 25.3 Å². The monoisotopic (exact) mass is 345 g/mol. The summed E-state index contributed by atoms with van der Waals surface area (Å²) in [4.78, 5) is 12.0. The van der Waals surface area contributed by atoms with E-state index in [1.54, 1.807) is 0 Å². The molecule has 23 heavy (non-hydrogen) atoms. The molecule has 0 radical (unpaired) electrons. The second-order valence-corrected chi connectivity index (χ2v) is 6.31. The highest BCUT2D eigenvalue weighted by atomic mass is 35.5. The van der Waals surface area contributed by atoms with Crippen LogP contribution in [0.4, 0.5) is 18.9 Å². The van der Waals surface area contributed by atoms with Gasteiger partial charge in [-0.05, 0) is 50.0 Å². The van der Waals surface area contributed by atoms with Gasteiger partial charge in [0.05, 0.1) is 0 Å². The largest absolute Gasteiger partial charge is 0.425 e. The predicted molar refractivity (Wildman–Crippen MR) is 80.2 cm³/mol. The van der Waals surface area contributed by atoms with Crippen LogP contribution in [0, 0.1) is 5.92 Å². The second-order valence-electron chi connectivity index (χ2n) is 5.87. The summed E-state index contributed by atoms with van der Waals surface area (Å²) in [6.45, 7) is 1.30. The fraction of sp³-hybridized carbons (Fsp3) is 0.438. The topological polar surface area (TPSA) is 38.3 Å². The molecule has 0 saturated heterocycles. The van der Waals surface area contributed by atoms with Gasteiger partial charge in [0, 0.05) is 16.3 Å². The van der Waals surface area contributed by atoms with E-state index in [-0.39, 0.29) is 22.2 Å². The zero-order valence-electron chi connectivity index (χ0n) is 12.3. The third-order valence-electron chi connectivity index (χ3n) is 4.02. The number of fused-ring (bicyclic) bond motifs is 1. The van der Waals surface area contributed by atoms with E-state index >= 15 is 0 Å². The summed E-state index contributed by atoms with van der Waals surface area (Å²) in [7, 11) is 0. The molecule has 2 atom stereocenters.